The third-order valence-corrected chi connectivity index (χ3v) is 8.73. The van der Waals surface area contributed by atoms with Crippen LogP contribution in [-0.4, -0.2) is 17.9 Å². The van der Waals surface area contributed by atoms with E-state index >= 15 is 0 Å². The third-order valence-electron chi connectivity index (χ3n) is 8.73. The monoisotopic (exact) mass is 344 g/mol. The summed E-state index contributed by atoms with van der Waals surface area (Å²) in [5.74, 6) is 2.72. The number of carbonyl (C=O) groups excluding carboxylic acids is 2. The van der Waals surface area contributed by atoms with Crippen molar-refractivity contribution >= 4 is 11.8 Å². The highest BCUT2D eigenvalue weighted by molar-refractivity contribution is 5.92. The number of allylic oxidation sites excluding steroid dienone is 1. The van der Waals surface area contributed by atoms with Gasteiger partial charge in [0, 0.05) is 18.8 Å². The van der Waals surface area contributed by atoms with Gasteiger partial charge < -0.3 is 4.74 Å². The number of carbonyl (C=O) groups is 2. The molecule has 4 aliphatic carbocycles. The van der Waals surface area contributed by atoms with E-state index in [0.29, 0.717) is 30.0 Å². The van der Waals surface area contributed by atoms with Gasteiger partial charge in [-0.15, -0.1) is 0 Å². The van der Waals surface area contributed by atoms with Crippen LogP contribution in [0.1, 0.15) is 72.6 Å². The van der Waals surface area contributed by atoms with Gasteiger partial charge in [-0.2, -0.15) is 0 Å². The molecule has 3 saturated carbocycles. The molecule has 7 atom stereocenters. The molecule has 0 spiro atoms. The zero-order valence-electron chi connectivity index (χ0n) is 16.1. The van der Waals surface area contributed by atoms with E-state index in [1.165, 1.54) is 24.8 Å². The molecule has 0 radical (unpaired) electrons. The van der Waals surface area contributed by atoms with Crippen LogP contribution in [0.3, 0.4) is 0 Å². The van der Waals surface area contributed by atoms with Crippen molar-refractivity contribution in [1.82, 2.24) is 0 Å². The second kappa shape index (κ2) is 5.69. The summed E-state index contributed by atoms with van der Waals surface area (Å²) in [5, 5.41) is 0. The van der Waals surface area contributed by atoms with Crippen molar-refractivity contribution in [3.8, 4) is 0 Å². The number of hydrogen-bond acceptors (Lipinski definition) is 3. The molecule has 4 aliphatic rings. The van der Waals surface area contributed by atoms with Gasteiger partial charge >= 0.3 is 5.97 Å². The molecule has 0 aromatic heterocycles. The molecule has 0 aromatic rings. The van der Waals surface area contributed by atoms with Crippen LogP contribution in [0.2, 0.25) is 0 Å². The predicted octanol–water partition coefficient (Wildman–Crippen LogP) is 4.70. The minimum Gasteiger partial charge on any atom is -0.462 e. The molecular weight excluding hydrogens is 312 g/mol. The highest BCUT2D eigenvalue weighted by atomic mass is 16.5. The molecule has 3 fully saturated rings. The Morgan fingerprint density at radius 1 is 1.16 bits per heavy atom. The number of rotatable bonds is 1. The van der Waals surface area contributed by atoms with Crippen LogP contribution in [-0.2, 0) is 14.3 Å². The quantitative estimate of drug-likeness (QED) is 0.648. The minimum atomic E-state index is -0.130. The lowest BCUT2D eigenvalue weighted by molar-refractivity contribution is -0.157. The van der Waals surface area contributed by atoms with Gasteiger partial charge in [0.05, 0.1) is 0 Å². The number of fused-ring (bicyclic) bond motifs is 5. The molecule has 138 valence electrons. The molecule has 0 unspecified atom stereocenters. The molecule has 3 nitrogen and oxygen atoms in total. The average Bonchev–Trinajstić information content (AvgIpc) is 2.85. The van der Waals surface area contributed by atoms with Gasteiger partial charge in [-0.25, -0.2) is 0 Å². The minimum absolute atomic E-state index is 0.103. The van der Waals surface area contributed by atoms with E-state index in [2.05, 4.69) is 20.8 Å². The molecule has 25 heavy (non-hydrogen) atoms. The highest BCUT2D eigenvalue weighted by Crippen LogP contribution is 2.66. The van der Waals surface area contributed by atoms with E-state index in [0.717, 1.165) is 25.2 Å². The number of ether oxygens (including phenoxy) is 1. The first-order valence-corrected chi connectivity index (χ1v) is 10.2. The summed E-state index contributed by atoms with van der Waals surface area (Å²) in [7, 11) is 0. The van der Waals surface area contributed by atoms with E-state index in [1.807, 2.05) is 6.08 Å². The summed E-state index contributed by atoms with van der Waals surface area (Å²) < 4.78 is 5.74. The maximum Gasteiger partial charge on any atom is 0.302 e. The summed E-state index contributed by atoms with van der Waals surface area (Å²) in [6.07, 6.45) is 9.67. The van der Waals surface area contributed by atoms with E-state index in [-0.39, 0.29) is 22.9 Å². The van der Waals surface area contributed by atoms with E-state index in [4.69, 9.17) is 4.74 Å². The van der Waals surface area contributed by atoms with Crippen molar-refractivity contribution in [3.05, 3.63) is 11.6 Å². The molecule has 0 aliphatic heterocycles. The Morgan fingerprint density at radius 2 is 1.92 bits per heavy atom. The highest BCUT2D eigenvalue weighted by Gasteiger charge is 2.61. The first kappa shape index (κ1) is 17.3. The van der Waals surface area contributed by atoms with E-state index in [1.54, 1.807) is 6.92 Å². The van der Waals surface area contributed by atoms with Crippen molar-refractivity contribution in [2.45, 2.75) is 78.7 Å². The second-order valence-electron chi connectivity index (χ2n) is 9.66. The molecule has 0 N–H and O–H groups in total. The topological polar surface area (TPSA) is 43.4 Å². The summed E-state index contributed by atoms with van der Waals surface area (Å²) in [5.41, 5.74) is 1.77. The van der Waals surface area contributed by atoms with Gasteiger partial charge in [0.15, 0.2) is 5.78 Å². The zero-order chi connectivity index (χ0) is 18.0. The van der Waals surface area contributed by atoms with Crippen molar-refractivity contribution in [1.29, 1.82) is 0 Å². The number of ketones is 1. The van der Waals surface area contributed by atoms with Crippen molar-refractivity contribution in [2.75, 3.05) is 0 Å². The lowest BCUT2D eigenvalue weighted by Crippen LogP contribution is -2.53. The Morgan fingerprint density at radius 3 is 2.64 bits per heavy atom. The molecule has 0 aromatic carbocycles. The summed E-state index contributed by atoms with van der Waals surface area (Å²) >= 11 is 0. The van der Waals surface area contributed by atoms with Gasteiger partial charge in [0.1, 0.15) is 6.10 Å². The van der Waals surface area contributed by atoms with Crippen molar-refractivity contribution in [3.63, 3.8) is 0 Å². The van der Waals surface area contributed by atoms with Gasteiger partial charge in [-0.3, -0.25) is 9.59 Å². The maximum atomic E-state index is 12.1. The largest absolute Gasteiger partial charge is 0.462 e. The first-order valence-electron chi connectivity index (χ1n) is 10.2. The molecule has 3 heteroatoms. The fraction of sp³-hybridized carbons (Fsp3) is 0.818. The standard InChI is InChI=1S/C22H32O3/c1-13-11-16(24)12-15-5-6-17-18-7-8-20(25-14(2)23)21(18,3)10-9-19(17)22(13,15)4/h12-13,17-20H,5-11H2,1-4H3/t13-,17-,18-,19-,20-,21-,22-/m0/s1. The average molecular weight is 344 g/mol. The van der Waals surface area contributed by atoms with Crippen LogP contribution in [0.5, 0.6) is 0 Å². The normalized spacial score (nSPS) is 48.9. The summed E-state index contributed by atoms with van der Waals surface area (Å²) in [6.45, 7) is 8.64. The SMILES string of the molecule is CC(=O)O[C@H]1CC[C@H]2[C@@H]3CCC4=CC(=O)C[C@H](C)[C@]4(C)[C@H]3CC[C@]12C. The van der Waals surface area contributed by atoms with Gasteiger partial charge in [-0.05, 0) is 73.7 Å². The first-order chi connectivity index (χ1) is 11.8. The van der Waals surface area contributed by atoms with Gasteiger partial charge in [0.25, 0.3) is 0 Å². The molecule has 0 heterocycles. The molecule has 0 saturated heterocycles. The predicted molar refractivity (Wildman–Crippen MR) is 96.8 cm³/mol. The zero-order valence-corrected chi connectivity index (χ0v) is 16.1. The molecule has 0 amide bonds. The lowest BCUT2D eigenvalue weighted by atomic mass is 9.45. The summed E-state index contributed by atoms with van der Waals surface area (Å²) in [4.78, 5) is 23.6. The molecule has 0 bridgehead atoms. The van der Waals surface area contributed by atoms with Crippen LogP contribution < -0.4 is 0 Å². The number of esters is 1. The Bertz CT molecular complexity index is 635. The maximum absolute atomic E-state index is 12.1. The Labute approximate surface area is 151 Å². The van der Waals surface area contributed by atoms with Crippen molar-refractivity contribution in [2.24, 2.45) is 34.5 Å². The lowest BCUT2D eigenvalue weighted by Gasteiger charge is -2.59. The Balaban J connectivity index is 1.65. The van der Waals surface area contributed by atoms with Crippen LogP contribution in [0.25, 0.3) is 0 Å². The van der Waals surface area contributed by atoms with Crippen LogP contribution in [0.4, 0.5) is 0 Å². The van der Waals surface area contributed by atoms with E-state index < -0.39 is 0 Å². The number of hydrogen-bond donors (Lipinski definition) is 0. The van der Waals surface area contributed by atoms with Gasteiger partial charge in [-0.1, -0.05) is 26.3 Å². The Hall–Kier alpha value is -1.12. The van der Waals surface area contributed by atoms with Crippen molar-refractivity contribution < 1.29 is 14.3 Å². The van der Waals surface area contributed by atoms with Crippen LogP contribution in [0, 0.1) is 34.5 Å². The smallest absolute Gasteiger partial charge is 0.302 e. The van der Waals surface area contributed by atoms with Crippen LogP contribution >= 0.6 is 0 Å². The Kier molecular flexibility index (Phi) is 3.94. The third kappa shape index (κ3) is 2.37. The molecular formula is C22H32O3. The van der Waals surface area contributed by atoms with E-state index in [9.17, 15) is 9.59 Å². The molecule has 4 rings (SSSR count). The second-order valence-corrected chi connectivity index (χ2v) is 9.66. The summed E-state index contributed by atoms with van der Waals surface area (Å²) in [6, 6.07) is 0. The van der Waals surface area contributed by atoms with Gasteiger partial charge in [0.2, 0.25) is 0 Å². The van der Waals surface area contributed by atoms with Crippen LogP contribution in [0.15, 0.2) is 11.6 Å². The fourth-order valence-corrected chi connectivity index (χ4v) is 7.29. The fourth-order valence-electron chi connectivity index (χ4n) is 7.29.